The van der Waals surface area contributed by atoms with Crippen LogP contribution in [0.4, 0.5) is 0 Å². The first-order chi connectivity index (χ1) is 20.5. The van der Waals surface area contributed by atoms with Crippen molar-refractivity contribution >= 4 is 11.4 Å². The Bertz CT molecular complexity index is 1210. The van der Waals surface area contributed by atoms with Gasteiger partial charge in [-0.05, 0) is 126 Å². The zero-order chi connectivity index (χ0) is 31.9. The van der Waals surface area contributed by atoms with Crippen molar-refractivity contribution in [1.29, 1.82) is 0 Å². The molecule has 0 heterocycles. The molecule has 1 fully saturated rings. The van der Waals surface area contributed by atoms with E-state index in [1.807, 2.05) is 0 Å². The van der Waals surface area contributed by atoms with Gasteiger partial charge in [0.05, 0.1) is 11.5 Å². The van der Waals surface area contributed by atoms with E-state index in [0.29, 0.717) is 11.8 Å². The fraction of sp³-hybridized carbons (Fsp3) is 0.575. The molecule has 1 aromatic carbocycles. The second-order valence-electron chi connectivity index (χ2n) is 12.9. The van der Waals surface area contributed by atoms with Crippen LogP contribution >= 0.6 is 0 Å². The minimum atomic E-state index is 0.339. The van der Waals surface area contributed by atoms with Gasteiger partial charge >= 0.3 is 0 Å². The van der Waals surface area contributed by atoms with E-state index in [-0.39, 0.29) is 0 Å². The van der Waals surface area contributed by atoms with E-state index in [0.717, 1.165) is 60.0 Å². The zero-order valence-electron chi connectivity index (χ0n) is 29.6. The monoisotopic (exact) mass is 586 g/mol. The summed E-state index contributed by atoms with van der Waals surface area (Å²) in [6.07, 6.45) is 18.6. The lowest BCUT2D eigenvalue weighted by molar-refractivity contribution is 0.305. The van der Waals surface area contributed by atoms with Crippen LogP contribution in [0.5, 0.6) is 5.75 Å². The predicted octanol–water partition coefficient (Wildman–Crippen LogP) is 12.0. The molecule has 0 aliphatic heterocycles. The number of hydrogen-bond acceptors (Lipinski definition) is 3. The van der Waals surface area contributed by atoms with Gasteiger partial charge in [0.1, 0.15) is 5.75 Å². The second-order valence-corrected chi connectivity index (χ2v) is 12.9. The summed E-state index contributed by atoms with van der Waals surface area (Å²) in [7, 11) is 0. The molecule has 1 aliphatic carbocycles. The van der Waals surface area contributed by atoms with Crippen molar-refractivity contribution in [3.05, 3.63) is 81.8 Å². The van der Waals surface area contributed by atoms with Crippen molar-refractivity contribution in [2.45, 2.75) is 128 Å². The number of ether oxygens (including phenoxy) is 1. The van der Waals surface area contributed by atoms with E-state index in [1.165, 1.54) is 55.4 Å². The number of unbranched alkanes of at least 4 members (excludes halogenated alkanes) is 2. The Morgan fingerprint density at radius 2 is 1.74 bits per heavy atom. The molecule has 3 heteroatoms. The standard InChI is InChI=1S/C40H62N2O/c1-12-16-17-25-42(28-29(5)6)37(15-4)23-24-38(31(8)14-3)41-39(26-33(10)35-19-18-20-35)36-22-21-32(9)40(27-36)43-34(11)30(7)13-2/h15,21-24,26-27,29,31H,12-14,16-20,25,28H2,1-11H3/b24-23-,34-30+,37-15+,39-26-,41-38-. The number of rotatable bonds is 17. The summed E-state index contributed by atoms with van der Waals surface area (Å²) in [5.41, 5.74) is 9.85. The summed E-state index contributed by atoms with van der Waals surface area (Å²) in [4.78, 5) is 8.00. The van der Waals surface area contributed by atoms with E-state index >= 15 is 0 Å². The first kappa shape index (κ1) is 36.4. The lowest BCUT2D eigenvalue weighted by Gasteiger charge is -2.28. The van der Waals surface area contributed by atoms with Crippen LogP contribution in [0.3, 0.4) is 0 Å². The van der Waals surface area contributed by atoms with Gasteiger partial charge in [0.2, 0.25) is 0 Å². The number of benzene rings is 1. The molecule has 0 radical (unpaired) electrons. The highest BCUT2D eigenvalue weighted by Gasteiger charge is 2.15. The fourth-order valence-electron chi connectivity index (χ4n) is 5.14. The Balaban J connectivity index is 2.61. The molecular weight excluding hydrogens is 524 g/mol. The summed E-state index contributed by atoms with van der Waals surface area (Å²) < 4.78 is 6.40. The molecule has 1 unspecified atom stereocenters. The maximum atomic E-state index is 6.40. The maximum absolute atomic E-state index is 6.40. The molecule has 0 N–H and O–H groups in total. The smallest absolute Gasteiger partial charge is 0.130 e. The Labute approximate surface area is 265 Å². The van der Waals surface area contributed by atoms with Crippen LogP contribution in [0.25, 0.3) is 5.70 Å². The van der Waals surface area contributed by atoms with Crippen LogP contribution in [0, 0.1) is 18.8 Å². The first-order valence-corrected chi connectivity index (χ1v) is 17.1. The summed E-state index contributed by atoms with van der Waals surface area (Å²) in [6, 6.07) is 6.56. The largest absolute Gasteiger partial charge is 0.462 e. The predicted molar refractivity (Wildman–Crippen MR) is 191 cm³/mol. The normalized spacial score (nSPS) is 16.0. The Morgan fingerprint density at radius 1 is 1.02 bits per heavy atom. The van der Waals surface area contributed by atoms with E-state index in [4.69, 9.17) is 9.73 Å². The van der Waals surface area contributed by atoms with E-state index in [2.05, 4.69) is 124 Å². The molecule has 1 atom stereocenters. The third kappa shape index (κ3) is 11.7. The van der Waals surface area contributed by atoms with Gasteiger partial charge in [0.15, 0.2) is 0 Å². The molecule has 0 spiro atoms. The summed E-state index contributed by atoms with van der Waals surface area (Å²) in [5, 5.41) is 0. The Morgan fingerprint density at radius 3 is 2.30 bits per heavy atom. The highest BCUT2D eigenvalue weighted by molar-refractivity contribution is 6.00. The molecule has 43 heavy (non-hydrogen) atoms. The van der Waals surface area contributed by atoms with Crippen LogP contribution in [-0.4, -0.2) is 23.7 Å². The van der Waals surface area contributed by atoms with Crippen molar-refractivity contribution in [1.82, 2.24) is 4.90 Å². The lowest BCUT2D eigenvalue weighted by atomic mass is 9.88. The minimum absolute atomic E-state index is 0.339. The Kier molecular flexibility index (Phi) is 15.9. The number of allylic oxidation sites excluding steroid dienone is 8. The molecule has 1 saturated carbocycles. The van der Waals surface area contributed by atoms with Gasteiger partial charge in [0.25, 0.3) is 0 Å². The van der Waals surface area contributed by atoms with Crippen molar-refractivity contribution in [3.63, 3.8) is 0 Å². The molecule has 1 aliphatic rings. The van der Waals surface area contributed by atoms with Gasteiger partial charge in [-0.25, -0.2) is 0 Å². The topological polar surface area (TPSA) is 24.8 Å². The van der Waals surface area contributed by atoms with Gasteiger partial charge < -0.3 is 9.64 Å². The van der Waals surface area contributed by atoms with E-state index < -0.39 is 0 Å². The van der Waals surface area contributed by atoms with Crippen LogP contribution in [-0.2, 0) is 0 Å². The third-order valence-electron chi connectivity index (χ3n) is 8.82. The number of aliphatic imine (C=N–C) groups is 1. The molecule has 3 nitrogen and oxygen atoms in total. The van der Waals surface area contributed by atoms with Crippen molar-refractivity contribution < 1.29 is 4.74 Å². The molecule has 2 rings (SSSR count). The summed E-state index contributed by atoms with van der Waals surface area (Å²) >= 11 is 0. The van der Waals surface area contributed by atoms with Crippen molar-refractivity contribution in [2.24, 2.45) is 16.8 Å². The highest BCUT2D eigenvalue weighted by Crippen LogP contribution is 2.33. The molecular formula is C40H62N2O. The first-order valence-electron chi connectivity index (χ1n) is 17.1. The van der Waals surface area contributed by atoms with E-state index in [9.17, 15) is 0 Å². The zero-order valence-corrected chi connectivity index (χ0v) is 29.6. The van der Waals surface area contributed by atoms with Crippen molar-refractivity contribution in [3.8, 4) is 5.75 Å². The molecule has 238 valence electrons. The Hall–Kier alpha value is -2.81. The van der Waals surface area contributed by atoms with Crippen LogP contribution in [0.1, 0.15) is 132 Å². The molecule has 1 aromatic rings. The van der Waals surface area contributed by atoms with Crippen LogP contribution < -0.4 is 4.74 Å². The van der Waals surface area contributed by atoms with Crippen molar-refractivity contribution in [2.75, 3.05) is 13.1 Å². The summed E-state index contributed by atoms with van der Waals surface area (Å²) in [5.74, 6) is 2.84. The third-order valence-corrected chi connectivity index (χ3v) is 8.82. The minimum Gasteiger partial charge on any atom is -0.462 e. The number of hydrogen-bond donors (Lipinski definition) is 0. The fourth-order valence-corrected chi connectivity index (χ4v) is 5.14. The van der Waals surface area contributed by atoms with Gasteiger partial charge in [-0.15, -0.1) is 0 Å². The average Bonchev–Trinajstić information content (AvgIpc) is 2.95. The lowest BCUT2D eigenvalue weighted by Crippen LogP contribution is -2.27. The molecule has 0 saturated heterocycles. The van der Waals surface area contributed by atoms with Gasteiger partial charge in [-0.3, -0.25) is 4.99 Å². The molecule has 0 bridgehead atoms. The number of nitrogens with zero attached hydrogens (tertiary/aromatic N) is 2. The molecule has 0 aromatic heterocycles. The van der Waals surface area contributed by atoms with Gasteiger partial charge in [0, 0.05) is 30.1 Å². The molecule has 0 amide bonds. The maximum Gasteiger partial charge on any atom is 0.130 e. The van der Waals surface area contributed by atoms with E-state index in [1.54, 1.807) is 5.57 Å². The van der Waals surface area contributed by atoms with Gasteiger partial charge in [-0.2, -0.15) is 0 Å². The van der Waals surface area contributed by atoms with Crippen LogP contribution in [0.15, 0.2) is 75.7 Å². The van der Waals surface area contributed by atoms with Crippen LogP contribution in [0.2, 0.25) is 0 Å². The number of aryl methyl sites for hydroxylation is 1. The summed E-state index contributed by atoms with van der Waals surface area (Å²) in [6.45, 7) is 26.6. The quantitative estimate of drug-likeness (QED) is 0.0785. The van der Waals surface area contributed by atoms with Gasteiger partial charge in [-0.1, -0.05) is 78.2 Å². The average molecular weight is 587 g/mol. The highest BCUT2D eigenvalue weighted by atomic mass is 16.5. The SMILES string of the molecule is C\C=C(/C=C\C(=N\C(=C/C(C)=C1CCC1)c1ccc(C)c(O/C(C)=C(\C)CC)c1)C(C)CC)N(CCCCC)CC(C)C. The second kappa shape index (κ2) is 18.8.